The van der Waals surface area contributed by atoms with E-state index in [1.165, 1.54) is 12.8 Å². The Labute approximate surface area is 119 Å². The van der Waals surface area contributed by atoms with Gasteiger partial charge in [-0.2, -0.15) is 5.10 Å². The van der Waals surface area contributed by atoms with Gasteiger partial charge in [0.2, 0.25) is 0 Å². The first kappa shape index (κ1) is 12.7. The number of anilines is 1. The molecule has 2 aromatic heterocycles. The molecule has 2 heterocycles. The lowest BCUT2D eigenvalue weighted by Crippen LogP contribution is -2.29. The Bertz CT molecular complexity index is 682. The number of rotatable bonds is 3. The summed E-state index contributed by atoms with van der Waals surface area (Å²) in [6, 6.07) is 0.238. The molecule has 0 aliphatic heterocycles. The Balaban J connectivity index is 2.26. The number of aromatic nitrogens is 3. The highest BCUT2D eigenvalue weighted by Crippen LogP contribution is 2.43. The second-order valence-electron chi connectivity index (χ2n) is 5.62. The largest absolute Gasteiger partial charge is 0.382 e. The van der Waals surface area contributed by atoms with Gasteiger partial charge in [0.1, 0.15) is 5.39 Å². The Hall–Kier alpha value is -1.30. The van der Waals surface area contributed by atoms with Crippen molar-refractivity contribution in [3.8, 4) is 0 Å². The molecule has 1 saturated carbocycles. The summed E-state index contributed by atoms with van der Waals surface area (Å²) in [5.74, 6) is 1.30. The van der Waals surface area contributed by atoms with Crippen LogP contribution in [0.15, 0.2) is 15.5 Å². The van der Waals surface area contributed by atoms with Crippen molar-refractivity contribution in [2.24, 2.45) is 11.8 Å². The summed E-state index contributed by atoms with van der Waals surface area (Å²) in [6.45, 7) is 4.32. The molecule has 1 aliphatic rings. The predicted octanol–water partition coefficient (Wildman–Crippen LogP) is 2.68. The van der Waals surface area contributed by atoms with E-state index in [-0.39, 0.29) is 17.4 Å². The highest BCUT2D eigenvalue weighted by atomic mass is 79.9. The van der Waals surface area contributed by atoms with Gasteiger partial charge >= 0.3 is 0 Å². The molecule has 0 radical (unpaired) electrons. The molecule has 0 aromatic carbocycles. The van der Waals surface area contributed by atoms with E-state index in [0.29, 0.717) is 22.7 Å². The number of nitrogens with zero attached hydrogens (tertiary/aromatic N) is 2. The van der Waals surface area contributed by atoms with Crippen LogP contribution in [0.3, 0.4) is 0 Å². The van der Waals surface area contributed by atoms with Gasteiger partial charge in [-0.15, -0.1) is 0 Å². The van der Waals surface area contributed by atoms with E-state index >= 15 is 0 Å². The molecular weight excluding hydrogens is 308 g/mol. The van der Waals surface area contributed by atoms with Crippen molar-refractivity contribution in [3.05, 3.63) is 21.0 Å². The molecule has 0 spiro atoms. The SMILES string of the molecule is CC(C)C(C1CC1)n1cc(Br)c2[nH]nc(N)c2c1=O. The van der Waals surface area contributed by atoms with Crippen molar-refractivity contribution < 1.29 is 0 Å². The predicted molar refractivity (Wildman–Crippen MR) is 79.1 cm³/mol. The average Bonchev–Trinajstić information content (AvgIpc) is 3.08. The summed E-state index contributed by atoms with van der Waals surface area (Å²) in [5, 5.41) is 7.22. The van der Waals surface area contributed by atoms with Crippen molar-refractivity contribution >= 4 is 32.7 Å². The topological polar surface area (TPSA) is 76.7 Å². The van der Waals surface area contributed by atoms with Crippen molar-refractivity contribution in [2.75, 3.05) is 5.73 Å². The quantitative estimate of drug-likeness (QED) is 0.911. The van der Waals surface area contributed by atoms with Gasteiger partial charge in [0.15, 0.2) is 5.82 Å². The van der Waals surface area contributed by atoms with E-state index in [4.69, 9.17) is 5.73 Å². The lowest BCUT2D eigenvalue weighted by molar-refractivity contribution is 0.328. The Kier molecular flexibility index (Phi) is 2.92. The van der Waals surface area contributed by atoms with Gasteiger partial charge in [0.05, 0.1) is 9.99 Å². The summed E-state index contributed by atoms with van der Waals surface area (Å²) in [4.78, 5) is 12.6. The number of aromatic amines is 1. The molecule has 1 fully saturated rings. The third-order valence-corrected chi connectivity index (χ3v) is 4.44. The fourth-order valence-corrected chi connectivity index (χ4v) is 3.38. The number of fused-ring (bicyclic) bond motifs is 1. The number of nitrogen functional groups attached to an aromatic ring is 1. The standard InChI is InChI=1S/C13H17BrN4O/c1-6(2)11(7-3-4-7)18-5-8(14)10-9(13(18)19)12(15)17-16-10/h5-7,11H,3-4H2,1-2H3,(H3,15,16,17). The number of H-pyrrole nitrogens is 1. The van der Waals surface area contributed by atoms with E-state index in [1.54, 1.807) is 0 Å². The zero-order chi connectivity index (χ0) is 13.7. The van der Waals surface area contributed by atoms with Crippen LogP contribution in [-0.2, 0) is 0 Å². The van der Waals surface area contributed by atoms with Crippen molar-refractivity contribution in [2.45, 2.75) is 32.7 Å². The molecule has 3 N–H and O–H groups in total. The van der Waals surface area contributed by atoms with Gasteiger partial charge in [-0.25, -0.2) is 0 Å². The number of hydrogen-bond donors (Lipinski definition) is 2. The normalized spacial score (nSPS) is 17.3. The molecule has 6 heteroatoms. The number of nitrogens with one attached hydrogen (secondary N) is 1. The Morgan fingerprint density at radius 2 is 2.21 bits per heavy atom. The fraction of sp³-hybridized carbons (Fsp3) is 0.538. The van der Waals surface area contributed by atoms with Crippen LogP contribution in [0.5, 0.6) is 0 Å². The van der Waals surface area contributed by atoms with Crippen molar-refractivity contribution in [3.63, 3.8) is 0 Å². The minimum atomic E-state index is -0.0462. The molecule has 19 heavy (non-hydrogen) atoms. The summed E-state index contributed by atoms with van der Waals surface area (Å²) in [6.07, 6.45) is 4.27. The second-order valence-corrected chi connectivity index (χ2v) is 6.47. The van der Waals surface area contributed by atoms with Gasteiger partial charge in [-0.05, 0) is 40.6 Å². The van der Waals surface area contributed by atoms with Crippen LogP contribution in [-0.4, -0.2) is 14.8 Å². The van der Waals surface area contributed by atoms with Crippen LogP contribution < -0.4 is 11.3 Å². The lowest BCUT2D eigenvalue weighted by Gasteiger charge is -2.23. The maximum absolute atomic E-state index is 12.6. The third-order valence-electron chi connectivity index (χ3n) is 3.84. The smallest absolute Gasteiger partial charge is 0.264 e. The molecule has 0 bridgehead atoms. The first-order valence-corrected chi connectivity index (χ1v) is 7.34. The molecule has 1 aliphatic carbocycles. The maximum atomic E-state index is 12.6. The van der Waals surface area contributed by atoms with Crippen LogP contribution >= 0.6 is 15.9 Å². The van der Waals surface area contributed by atoms with Gasteiger partial charge < -0.3 is 10.3 Å². The second kappa shape index (κ2) is 4.37. The van der Waals surface area contributed by atoms with Crippen LogP contribution in [0.1, 0.15) is 32.7 Å². The minimum Gasteiger partial charge on any atom is -0.382 e. The molecule has 1 unspecified atom stereocenters. The Morgan fingerprint density at radius 1 is 1.53 bits per heavy atom. The van der Waals surface area contributed by atoms with E-state index < -0.39 is 0 Å². The zero-order valence-corrected chi connectivity index (χ0v) is 12.6. The van der Waals surface area contributed by atoms with Gasteiger partial charge in [0.25, 0.3) is 5.56 Å². The summed E-state index contributed by atoms with van der Waals surface area (Å²) < 4.78 is 2.67. The lowest BCUT2D eigenvalue weighted by atomic mass is 9.99. The van der Waals surface area contributed by atoms with Crippen LogP contribution in [0.2, 0.25) is 0 Å². The average molecular weight is 325 g/mol. The molecule has 2 aromatic rings. The molecule has 1 atom stereocenters. The van der Waals surface area contributed by atoms with E-state index in [2.05, 4.69) is 40.0 Å². The number of hydrogen-bond acceptors (Lipinski definition) is 3. The zero-order valence-electron chi connectivity index (χ0n) is 11.0. The van der Waals surface area contributed by atoms with Gasteiger partial charge in [-0.1, -0.05) is 13.8 Å². The van der Waals surface area contributed by atoms with Crippen molar-refractivity contribution in [1.29, 1.82) is 0 Å². The van der Waals surface area contributed by atoms with Gasteiger partial charge in [0, 0.05) is 12.2 Å². The van der Waals surface area contributed by atoms with Crippen molar-refractivity contribution in [1.82, 2.24) is 14.8 Å². The molecule has 102 valence electrons. The molecule has 3 rings (SSSR count). The molecule has 0 amide bonds. The number of nitrogens with two attached hydrogens (primary N) is 1. The monoisotopic (exact) mass is 324 g/mol. The number of pyridine rings is 1. The van der Waals surface area contributed by atoms with Crippen LogP contribution in [0.4, 0.5) is 5.82 Å². The third kappa shape index (κ3) is 1.98. The minimum absolute atomic E-state index is 0.0462. The highest BCUT2D eigenvalue weighted by molar-refractivity contribution is 9.10. The Morgan fingerprint density at radius 3 is 2.79 bits per heavy atom. The first-order chi connectivity index (χ1) is 9.00. The number of halogens is 1. The molecular formula is C13H17BrN4O. The van der Waals surface area contributed by atoms with E-state index in [9.17, 15) is 4.79 Å². The maximum Gasteiger partial charge on any atom is 0.264 e. The van der Waals surface area contributed by atoms with E-state index in [1.807, 2.05) is 10.8 Å². The van der Waals surface area contributed by atoms with Crippen LogP contribution in [0.25, 0.3) is 10.9 Å². The summed E-state index contributed by atoms with van der Waals surface area (Å²) in [7, 11) is 0. The summed E-state index contributed by atoms with van der Waals surface area (Å²) in [5.41, 5.74) is 6.44. The van der Waals surface area contributed by atoms with E-state index in [0.717, 1.165) is 4.47 Å². The first-order valence-electron chi connectivity index (χ1n) is 6.55. The van der Waals surface area contributed by atoms with Crippen LogP contribution in [0, 0.1) is 11.8 Å². The molecule has 5 nitrogen and oxygen atoms in total. The highest BCUT2D eigenvalue weighted by Gasteiger charge is 2.35. The fourth-order valence-electron chi connectivity index (χ4n) is 2.87. The summed E-state index contributed by atoms with van der Waals surface area (Å²) >= 11 is 3.50. The molecule has 0 saturated heterocycles. The van der Waals surface area contributed by atoms with Gasteiger partial charge in [-0.3, -0.25) is 9.89 Å².